The number of aryl methyl sites for hydroxylation is 1. The zero-order valence-corrected chi connectivity index (χ0v) is 12.4. The number of nitrogens with one attached hydrogen (secondary N) is 2. The van der Waals surface area contributed by atoms with E-state index in [0.29, 0.717) is 12.2 Å². The molecule has 1 aromatic rings. The predicted octanol–water partition coefficient (Wildman–Crippen LogP) is 2.02. The highest BCUT2D eigenvalue weighted by Gasteiger charge is 2.16. The topological polar surface area (TPSA) is 67.4 Å². The number of ether oxygens (including phenoxy) is 1. The molecule has 1 unspecified atom stereocenters. The fraction of sp³-hybridized carbons (Fsp3) is 0.467. The molecule has 1 aromatic carbocycles. The molecule has 0 heterocycles. The molecule has 0 fully saturated rings. The van der Waals surface area contributed by atoms with Gasteiger partial charge in [0.1, 0.15) is 5.75 Å². The highest BCUT2D eigenvalue weighted by molar-refractivity contribution is 5.84. The highest BCUT2D eigenvalue weighted by Crippen LogP contribution is 2.21. The van der Waals surface area contributed by atoms with Gasteiger partial charge in [-0.15, -0.1) is 0 Å². The van der Waals surface area contributed by atoms with Crippen molar-refractivity contribution in [1.29, 1.82) is 0 Å². The van der Waals surface area contributed by atoms with E-state index in [1.54, 1.807) is 6.92 Å². The summed E-state index contributed by atoms with van der Waals surface area (Å²) in [6.45, 7) is 7.47. The molecule has 0 aliphatic carbocycles. The van der Waals surface area contributed by atoms with Crippen LogP contribution < -0.4 is 15.6 Å². The normalized spacial score (nSPS) is 11.6. The Balaban J connectivity index is 2.53. The summed E-state index contributed by atoms with van der Waals surface area (Å²) in [4.78, 5) is 23.1. The number of benzene rings is 1. The first kappa shape index (κ1) is 16.0. The van der Waals surface area contributed by atoms with E-state index in [4.69, 9.17) is 4.74 Å². The summed E-state index contributed by atoms with van der Waals surface area (Å²) in [5.74, 6) is 0.0858. The summed E-state index contributed by atoms with van der Waals surface area (Å²) in [5.41, 5.74) is 6.82. The van der Waals surface area contributed by atoms with Crippen molar-refractivity contribution in [3.8, 4) is 5.75 Å². The third-order valence-electron chi connectivity index (χ3n) is 3.03. The van der Waals surface area contributed by atoms with Crippen molar-refractivity contribution in [2.45, 2.75) is 46.6 Å². The van der Waals surface area contributed by atoms with E-state index < -0.39 is 6.10 Å². The minimum Gasteiger partial charge on any atom is -0.481 e. The van der Waals surface area contributed by atoms with Crippen LogP contribution in [0.5, 0.6) is 5.75 Å². The SMILES string of the molecule is CCCC(=O)NNC(=O)C(C)Oc1cccc(C)c1C. The van der Waals surface area contributed by atoms with Gasteiger partial charge < -0.3 is 4.74 Å². The third kappa shape index (κ3) is 4.57. The number of rotatable bonds is 5. The molecule has 0 aliphatic heterocycles. The Hall–Kier alpha value is -2.04. The Labute approximate surface area is 119 Å². The lowest BCUT2D eigenvalue weighted by molar-refractivity contribution is -0.132. The first-order valence-corrected chi connectivity index (χ1v) is 6.77. The molecule has 0 saturated carbocycles. The van der Waals surface area contributed by atoms with Crippen molar-refractivity contribution in [2.75, 3.05) is 0 Å². The molecule has 0 aliphatic rings. The van der Waals surface area contributed by atoms with Crippen molar-refractivity contribution in [3.63, 3.8) is 0 Å². The molecule has 0 aromatic heterocycles. The zero-order chi connectivity index (χ0) is 15.1. The van der Waals surface area contributed by atoms with Gasteiger partial charge in [-0.05, 0) is 44.4 Å². The summed E-state index contributed by atoms with van der Waals surface area (Å²) in [7, 11) is 0. The van der Waals surface area contributed by atoms with Gasteiger partial charge in [0.2, 0.25) is 5.91 Å². The maximum Gasteiger partial charge on any atom is 0.279 e. The molecule has 1 atom stereocenters. The molecular weight excluding hydrogens is 256 g/mol. The lowest BCUT2D eigenvalue weighted by Crippen LogP contribution is -2.47. The molecule has 0 saturated heterocycles. The number of carbonyl (C=O) groups excluding carboxylic acids is 2. The summed E-state index contributed by atoms with van der Waals surface area (Å²) in [5, 5.41) is 0. The van der Waals surface area contributed by atoms with Crippen molar-refractivity contribution >= 4 is 11.8 Å². The van der Waals surface area contributed by atoms with E-state index in [9.17, 15) is 9.59 Å². The quantitative estimate of drug-likeness (QED) is 0.810. The van der Waals surface area contributed by atoms with Gasteiger partial charge in [-0.25, -0.2) is 0 Å². The van der Waals surface area contributed by atoms with Gasteiger partial charge in [0.25, 0.3) is 5.91 Å². The second-order valence-electron chi connectivity index (χ2n) is 4.75. The average molecular weight is 278 g/mol. The Morgan fingerprint density at radius 2 is 1.95 bits per heavy atom. The fourth-order valence-corrected chi connectivity index (χ4v) is 1.62. The summed E-state index contributed by atoms with van der Waals surface area (Å²) in [6.07, 6.45) is 0.431. The molecule has 5 nitrogen and oxygen atoms in total. The van der Waals surface area contributed by atoms with Crippen LogP contribution in [0, 0.1) is 13.8 Å². The largest absolute Gasteiger partial charge is 0.481 e. The number of hydrogen-bond donors (Lipinski definition) is 2. The zero-order valence-electron chi connectivity index (χ0n) is 12.4. The smallest absolute Gasteiger partial charge is 0.279 e. The van der Waals surface area contributed by atoms with Crippen molar-refractivity contribution in [1.82, 2.24) is 10.9 Å². The van der Waals surface area contributed by atoms with Crippen LogP contribution in [0.3, 0.4) is 0 Å². The maximum atomic E-state index is 11.8. The third-order valence-corrected chi connectivity index (χ3v) is 3.03. The van der Waals surface area contributed by atoms with Crippen LogP contribution >= 0.6 is 0 Å². The van der Waals surface area contributed by atoms with E-state index in [1.807, 2.05) is 39.0 Å². The van der Waals surface area contributed by atoms with Crippen LogP contribution in [0.1, 0.15) is 37.8 Å². The Kier molecular flexibility index (Phi) is 6.03. The van der Waals surface area contributed by atoms with E-state index in [0.717, 1.165) is 17.5 Å². The molecule has 110 valence electrons. The molecule has 0 radical (unpaired) electrons. The van der Waals surface area contributed by atoms with Crippen molar-refractivity contribution in [3.05, 3.63) is 29.3 Å². The number of hydrazine groups is 1. The molecule has 2 N–H and O–H groups in total. The van der Waals surface area contributed by atoms with Crippen molar-refractivity contribution < 1.29 is 14.3 Å². The first-order chi connectivity index (χ1) is 9.45. The molecule has 20 heavy (non-hydrogen) atoms. The second-order valence-corrected chi connectivity index (χ2v) is 4.75. The van der Waals surface area contributed by atoms with Gasteiger partial charge in [-0.1, -0.05) is 19.1 Å². The van der Waals surface area contributed by atoms with E-state index in [2.05, 4.69) is 10.9 Å². The Bertz CT molecular complexity index is 486. The van der Waals surface area contributed by atoms with Crippen LogP contribution in [0.4, 0.5) is 0 Å². The molecule has 1 rings (SSSR count). The Morgan fingerprint density at radius 3 is 2.60 bits per heavy atom. The van der Waals surface area contributed by atoms with Crippen molar-refractivity contribution in [2.24, 2.45) is 0 Å². The van der Waals surface area contributed by atoms with Gasteiger partial charge in [0.15, 0.2) is 6.10 Å². The standard InChI is InChI=1S/C15H22N2O3/c1-5-7-14(18)16-17-15(19)12(4)20-13-9-6-8-10(2)11(13)3/h6,8-9,12H,5,7H2,1-4H3,(H,16,18)(H,17,19). The molecule has 0 spiro atoms. The highest BCUT2D eigenvalue weighted by atomic mass is 16.5. The minimum absolute atomic E-state index is 0.209. The van der Waals surface area contributed by atoms with Gasteiger partial charge >= 0.3 is 0 Å². The number of amides is 2. The summed E-state index contributed by atoms with van der Waals surface area (Å²) < 4.78 is 5.62. The van der Waals surface area contributed by atoms with Crippen LogP contribution in [0.15, 0.2) is 18.2 Å². The van der Waals surface area contributed by atoms with Crippen LogP contribution in [-0.4, -0.2) is 17.9 Å². The second kappa shape index (κ2) is 7.53. The van der Waals surface area contributed by atoms with Gasteiger partial charge in [-0.2, -0.15) is 0 Å². The van der Waals surface area contributed by atoms with Gasteiger partial charge in [0, 0.05) is 6.42 Å². The van der Waals surface area contributed by atoms with Gasteiger partial charge in [-0.3, -0.25) is 20.4 Å². The monoisotopic (exact) mass is 278 g/mol. The van der Waals surface area contributed by atoms with Crippen LogP contribution in [0.25, 0.3) is 0 Å². The predicted molar refractivity (Wildman–Crippen MR) is 77.2 cm³/mol. The molecule has 2 amide bonds. The molecule has 5 heteroatoms. The molecular formula is C15H22N2O3. The summed E-state index contributed by atoms with van der Waals surface area (Å²) in [6, 6.07) is 5.69. The Morgan fingerprint density at radius 1 is 1.25 bits per heavy atom. The minimum atomic E-state index is -0.683. The van der Waals surface area contributed by atoms with E-state index >= 15 is 0 Å². The maximum absolute atomic E-state index is 11.8. The first-order valence-electron chi connectivity index (χ1n) is 6.77. The van der Waals surface area contributed by atoms with Crippen LogP contribution in [-0.2, 0) is 9.59 Å². The van der Waals surface area contributed by atoms with E-state index in [-0.39, 0.29) is 11.8 Å². The number of hydrogen-bond acceptors (Lipinski definition) is 3. The fourth-order valence-electron chi connectivity index (χ4n) is 1.62. The average Bonchev–Trinajstić information content (AvgIpc) is 2.41. The lowest BCUT2D eigenvalue weighted by Gasteiger charge is -2.17. The lowest BCUT2D eigenvalue weighted by atomic mass is 10.1. The van der Waals surface area contributed by atoms with Crippen LogP contribution in [0.2, 0.25) is 0 Å². The molecule has 0 bridgehead atoms. The number of carbonyl (C=O) groups is 2. The summed E-state index contributed by atoms with van der Waals surface area (Å²) >= 11 is 0. The van der Waals surface area contributed by atoms with E-state index in [1.165, 1.54) is 0 Å². The van der Waals surface area contributed by atoms with Gasteiger partial charge in [0.05, 0.1) is 0 Å².